The Morgan fingerprint density at radius 2 is 1.88 bits per heavy atom. The van der Waals surface area contributed by atoms with E-state index in [4.69, 9.17) is 19.4 Å². The van der Waals surface area contributed by atoms with Gasteiger partial charge in [0.05, 0.1) is 32.4 Å². The molecule has 2 aromatic heterocycles. The van der Waals surface area contributed by atoms with Gasteiger partial charge in [-0.3, -0.25) is 9.89 Å². The van der Waals surface area contributed by atoms with Crippen molar-refractivity contribution in [1.82, 2.24) is 30.0 Å². The van der Waals surface area contributed by atoms with Gasteiger partial charge in [-0.05, 0) is 40.3 Å². The normalized spacial score (nSPS) is 13.0. The molecule has 1 aliphatic heterocycles. The minimum atomic E-state index is 0.369. The summed E-state index contributed by atoms with van der Waals surface area (Å²) in [5, 5.41) is 7.41. The number of carbonyl (C=O) groups excluding carboxylic acids is 1. The van der Waals surface area contributed by atoms with Crippen molar-refractivity contribution < 1.29 is 14.3 Å². The van der Waals surface area contributed by atoms with E-state index in [1.807, 2.05) is 62.6 Å². The molecule has 3 heterocycles. The lowest BCUT2D eigenvalue weighted by Crippen LogP contribution is -2.38. The predicted molar refractivity (Wildman–Crippen MR) is 160 cm³/mol. The summed E-state index contributed by atoms with van der Waals surface area (Å²) < 4.78 is 12.8. The molecule has 0 saturated carbocycles. The van der Waals surface area contributed by atoms with Crippen molar-refractivity contribution in [2.45, 2.75) is 6.92 Å². The molecule has 12 nitrogen and oxygen atoms in total. The van der Waals surface area contributed by atoms with Crippen molar-refractivity contribution in [2.75, 3.05) is 90.5 Å². The number of rotatable bonds is 12. The van der Waals surface area contributed by atoms with Crippen molar-refractivity contribution in [3.8, 4) is 23.0 Å². The quantitative estimate of drug-likeness (QED) is 0.266. The maximum atomic E-state index is 10.9. The summed E-state index contributed by atoms with van der Waals surface area (Å²) in [6, 6.07) is 9.94. The average molecular weight is 552 g/mol. The summed E-state index contributed by atoms with van der Waals surface area (Å²) in [4.78, 5) is 31.4. The Kier molecular flexibility index (Phi) is 12.0. The molecule has 216 valence electrons. The lowest BCUT2D eigenvalue weighted by molar-refractivity contribution is -0.108. The van der Waals surface area contributed by atoms with E-state index in [0.29, 0.717) is 81.6 Å². The summed E-state index contributed by atoms with van der Waals surface area (Å²) in [7, 11) is 7.27. The number of hydrogen-bond donors (Lipinski definition) is 1. The molecule has 0 unspecified atom stereocenters. The molecular formula is C28H41N9O3. The van der Waals surface area contributed by atoms with E-state index in [2.05, 4.69) is 38.8 Å². The monoisotopic (exact) mass is 551 g/mol. The zero-order chi connectivity index (χ0) is 28.9. The van der Waals surface area contributed by atoms with Crippen molar-refractivity contribution >= 4 is 30.3 Å². The Morgan fingerprint density at radius 3 is 2.48 bits per heavy atom. The molecule has 0 atom stereocenters. The molecule has 0 bridgehead atoms. The van der Waals surface area contributed by atoms with E-state index < -0.39 is 0 Å². The van der Waals surface area contributed by atoms with Crippen LogP contribution in [-0.4, -0.2) is 118 Å². The minimum Gasteiger partial charge on any atom is -0.479 e. The van der Waals surface area contributed by atoms with Crippen LogP contribution in [0.1, 0.15) is 6.92 Å². The first kappa shape index (κ1) is 30.7. The largest absolute Gasteiger partial charge is 0.479 e. The molecule has 1 fully saturated rings. The maximum Gasteiger partial charge on any atom is 0.254 e. The van der Waals surface area contributed by atoms with Gasteiger partial charge in [0.25, 0.3) is 5.95 Å². The van der Waals surface area contributed by atoms with Gasteiger partial charge in [-0.1, -0.05) is 30.3 Å². The van der Waals surface area contributed by atoms with Gasteiger partial charge >= 0.3 is 0 Å². The van der Waals surface area contributed by atoms with E-state index in [1.54, 1.807) is 11.8 Å². The molecule has 1 aromatic carbocycles. The topological polar surface area (TPSA) is 113 Å². The number of carbonyl (C=O) groups is 1. The van der Waals surface area contributed by atoms with Crippen LogP contribution in [0.25, 0.3) is 17.1 Å². The zero-order valence-corrected chi connectivity index (χ0v) is 24.2. The lowest BCUT2D eigenvalue weighted by Gasteiger charge is -2.31. The number of anilines is 2. The van der Waals surface area contributed by atoms with E-state index in [1.165, 1.54) is 0 Å². The van der Waals surface area contributed by atoms with Crippen LogP contribution in [0.3, 0.4) is 0 Å². The predicted octanol–water partition coefficient (Wildman–Crippen LogP) is 2.30. The Labute approximate surface area is 236 Å². The first-order valence-electron chi connectivity index (χ1n) is 13.4. The summed E-state index contributed by atoms with van der Waals surface area (Å²) >= 11 is 0. The highest BCUT2D eigenvalue weighted by Gasteiger charge is 2.25. The van der Waals surface area contributed by atoms with Gasteiger partial charge in [-0.2, -0.15) is 9.97 Å². The van der Waals surface area contributed by atoms with Crippen LogP contribution >= 0.6 is 0 Å². The van der Waals surface area contributed by atoms with Crippen LogP contribution in [-0.2, 0) is 9.53 Å². The molecule has 1 aliphatic rings. The van der Waals surface area contributed by atoms with Gasteiger partial charge in [0, 0.05) is 38.9 Å². The van der Waals surface area contributed by atoms with E-state index in [0.717, 1.165) is 17.4 Å². The number of nitrogens with one attached hydrogen (secondary N) is 1. The van der Waals surface area contributed by atoms with Gasteiger partial charge in [0.15, 0.2) is 11.6 Å². The zero-order valence-electron chi connectivity index (χ0n) is 24.2. The third-order valence-electron chi connectivity index (χ3n) is 6.29. The fraction of sp³-hybridized carbons (Fsp3) is 0.464. The van der Waals surface area contributed by atoms with Gasteiger partial charge in [0.1, 0.15) is 12.0 Å². The smallest absolute Gasteiger partial charge is 0.254 e. The summed E-state index contributed by atoms with van der Waals surface area (Å²) in [6.07, 6.45) is 2.79. The second-order valence-corrected chi connectivity index (χ2v) is 9.15. The molecule has 1 saturated heterocycles. The Balaban J connectivity index is 0.00000141. The van der Waals surface area contributed by atoms with Crippen molar-refractivity contribution in [1.29, 1.82) is 0 Å². The molecule has 0 amide bonds. The number of nitrogens with zero attached hydrogens (tertiary/aromatic N) is 8. The molecule has 1 N–H and O–H groups in total. The lowest BCUT2D eigenvalue weighted by atomic mass is 10.1. The van der Waals surface area contributed by atoms with Crippen LogP contribution in [0.4, 0.5) is 17.3 Å². The molecule has 3 aromatic rings. The number of benzene rings is 1. The second-order valence-electron chi connectivity index (χ2n) is 9.15. The fourth-order valence-electron chi connectivity index (χ4n) is 4.23. The third kappa shape index (κ3) is 7.62. The molecule has 40 heavy (non-hydrogen) atoms. The average Bonchev–Trinajstić information content (AvgIpc) is 3.43. The summed E-state index contributed by atoms with van der Waals surface area (Å²) in [5.74, 6) is 2.25. The summed E-state index contributed by atoms with van der Waals surface area (Å²) in [6.45, 7) is 10.9. The first-order chi connectivity index (χ1) is 19.5. The highest BCUT2D eigenvalue weighted by Crippen LogP contribution is 2.37. The molecule has 0 spiro atoms. The number of aromatic nitrogens is 4. The first-order valence-corrected chi connectivity index (χ1v) is 13.4. The number of hydrogen-bond acceptors (Lipinski definition) is 11. The molecule has 12 heteroatoms. The van der Waals surface area contributed by atoms with E-state index in [9.17, 15) is 4.79 Å². The fourth-order valence-corrected chi connectivity index (χ4v) is 4.23. The Morgan fingerprint density at radius 1 is 1.18 bits per heavy atom. The van der Waals surface area contributed by atoms with Gasteiger partial charge < -0.3 is 29.4 Å². The van der Waals surface area contributed by atoms with E-state index >= 15 is 0 Å². The van der Waals surface area contributed by atoms with E-state index in [-0.39, 0.29) is 0 Å². The van der Waals surface area contributed by atoms with Gasteiger partial charge in [-0.25, -0.2) is 4.68 Å². The van der Waals surface area contributed by atoms with Crippen molar-refractivity contribution in [2.24, 2.45) is 4.99 Å². The Hall–Kier alpha value is -3.87. The number of aldehydes is 1. The van der Waals surface area contributed by atoms with Gasteiger partial charge in [-0.15, -0.1) is 5.10 Å². The van der Waals surface area contributed by atoms with Crippen LogP contribution < -0.4 is 19.9 Å². The molecule has 0 aliphatic carbocycles. The Bertz CT molecular complexity index is 1210. The van der Waals surface area contributed by atoms with Crippen molar-refractivity contribution in [3.05, 3.63) is 36.5 Å². The third-order valence-corrected chi connectivity index (χ3v) is 6.29. The van der Waals surface area contributed by atoms with Gasteiger partial charge in [0.2, 0.25) is 5.88 Å². The number of ether oxygens (including phenoxy) is 2. The summed E-state index contributed by atoms with van der Waals surface area (Å²) in [5.41, 5.74) is 2.44. The number of morpholine rings is 1. The van der Waals surface area contributed by atoms with Crippen LogP contribution in [0, 0.1) is 0 Å². The SMILES string of the molecule is C=Nc1c(N(CC)CCN(C)CC=O)nc(-n2cc(-c3ccccc3)c(OC)n2)nc1N1CCOCC1.CNC. The standard InChI is InChI=1S/C26H34N8O3.C2H7N/c1-5-32(12-11-31(3)13-16-35)23-22(27-2)24(33-14-17-37-18-15-33)29-26(28-23)34-19-21(25(30-34)36-4)20-9-7-6-8-10-20;1-3-2/h6-10,16,19H,2,5,11-15,17-18H2,1,3-4H3;3H,1-2H3. The van der Waals surface area contributed by atoms with Crippen molar-refractivity contribution in [3.63, 3.8) is 0 Å². The number of methoxy groups -OCH3 is 1. The molecule has 4 rings (SSSR count). The maximum absolute atomic E-state index is 10.9. The van der Waals surface area contributed by atoms with Crippen LogP contribution in [0.15, 0.2) is 41.5 Å². The minimum absolute atomic E-state index is 0.369. The van der Waals surface area contributed by atoms with Crippen LogP contribution in [0.2, 0.25) is 0 Å². The highest BCUT2D eigenvalue weighted by atomic mass is 16.5. The number of aliphatic imine (C=N–C) groups is 1. The van der Waals surface area contributed by atoms with Crippen LogP contribution in [0.5, 0.6) is 5.88 Å². The molecular weight excluding hydrogens is 510 g/mol. The molecule has 0 radical (unpaired) electrons. The second kappa shape index (κ2) is 15.7. The number of likely N-dealkylation sites (N-methyl/N-ethyl adjacent to an activating group) is 2. The highest BCUT2D eigenvalue weighted by molar-refractivity contribution is 5.78.